The summed E-state index contributed by atoms with van der Waals surface area (Å²) in [5, 5.41) is 2.59. The fraction of sp³-hybridized carbons (Fsp3) is 0.136. The number of ether oxygens (including phenoxy) is 2. The molecule has 34 heavy (non-hydrogen) atoms. The number of sulfonamides is 1. The average molecular weight is 515 g/mol. The number of rotatable bonds is 8. The molecule has 0 heterocycles. The van der Waals surface area contributed by atoms with Crippen LogP contribution < -0.4 is 19.1 Å². The van der Waals surface area contributed by atoms with Gasteiger partial charge in [-0.3, -0.25) is 9.10 Å². The Morgan fingerprint density at radius 2 is 1.68 bits per heavy atom. The van der Waals surface area contributed by atoms with Crippen molar-refractivity contribution in [3.63, 3.8) is 0 Å². The maximum absolute atomic E-state index is 13.3. The Kier molecular flexibility index (Phi) is 7.57. The third kappa shape index (κ3) is 6.33. The summed E-state index contributed by atoms with van der Waals surface area (Å²) in [4.78, 5) is 12.7. The number of halogens is 4. The van der Waals surface area contributed by atoms with Crippen LogP contribution in [0.25, 0.3) is 0 Å². The minimum Gasteiger partial charge on any atom is -0.495 e. The van der Waals surface area contributed by atoms with Crippen molar-refractivity contribution >= 4 is 38.9 Å². The Morgan fingerprint density at radius 3 is 2.24 bits per heavy atom. The molecule has 7 nitrogen and oxygen atoms in total. The molecule has 0 aromatic heterocycles. The van der Waals surface area contributed by atoms with Crippen LogP contribution in [0.5, 0.6) is 11.5 Å². The Labute approximate surface area is 198 Å². The summed E-state index contributed by atoms with van der Waals surface area (Å²) in [5.74, 6) is -0.893. The fourth-order valence-corrected chi connectivity index (χ4v) is 4.60. The van der Waals surface area contributed by atoms with Gasteiger partial charge < -0.3 is 14.8 Å². The van der Waals surface area contributed by atoms with E-state index in [2.05, 4.69) is 10.1 Å². The van der Waals surface area contributed by atoms with E-state index in [1.54, 1.807) is 6.07 Å². The summed E-state index contributed by atoms with van der Waals surface area (Å²) in [6, 6.07) is 16.1. The second-order valence-electron chi connectivity index (χ2n) is 6.76. The van der Waals surface area contributed by atoms with Crippen molar-refractivity contribution in [1.29, 1.82) is 0 Å². The lowest BCUT2D eigenvalue weighted by Gasteiger charge is -2.24. The first-order valence-corrected chi connectivity index (χ1v) is 11.4. The van der Waals surface area contributed by atoms with Gasteiger partial charge in [-0.2, -0.15) is 0 Å². The van der Waals surface area contributed by atoms with Gasteiger partial charge in [-0.1, -0.05) is 29.8 Å². The first-order valence-electron chi connectivity index (χ1n) is 9.56. The largest absolute Gasteiger partial charge is 0.573 e. The monoisotopic (exact) mass is 514 g/mol. The lowest BCUT2D eigenvalue weighted by molar-refractivity contribution is -0.274. The Hall–Kier alpha value is -3.44. The normalized spacial score (nSPS) is 11.6. The molecule has 180 valence electrons. The first kappa shape index (κ1) is 25.2. The number of benzene rings is 3. The molecule has 0 unspecified atom stereocenters. The summed E-state index contributed by atoms with van der Waals surface area (Å²) >= 11 is 6.16. The molecule has 0 atom stereocenters. The highest BCUT2D eigenvalue weighted by molar-refractivity contribution is 7.92. The molecule has 1 N–H and O–H groups in total. The Bertz CT molecular complexity index is 1250. The number of hydrogen-bond donors (Lipinski definition) is 1. The molecule has 3 aromatic carbocycles. The summed E-state index contributed by atoms with van der Waals surface area (Å²) in [7, 11) is -2.78. The van der Waals surface area contributed by atoms with E-state index < -0.39 is 34.6 Å². The topological polar surface area (TPSA) is 84.9 Å². The lowest BCUT2D eigenvalue weighted by atomic mass is 10.3. The second kappa shape index (κ2) is 10.2. The van der Waals surface area contributed by atoms with E-state index >= 15 is 0 Å². The zero-order chi connectivity index (χ0) is 24.9. The zero-order valence-electron chi connectivity index (χ0n) is 17.5. The number of methoxy groups -OCH3 is 1. The standard InChI is InChI=1S/C22H18ClF3N2O5S/c1-32-20-12-9-16(13-19(20)23)28(34(30,31)18-5-3-2-4-6-18)14-21(29)27-15-7-10-17(11-8-15)33-22(24,25)26/h2-13H,14H2,1H3,(H,27,29). The third-order valence-corrected chi connectivity index (χ3v) is 6.50. The molecule has 0 aliphatic rings. The van der Waals surface area contributed by atoms with E-state index in [1.807, 2.05) is 0 Å². The van der Waals surface area contributed by atoms with Crippen LogP contribution in [0, 0.1) is 0 Å². The van der Waals surface area contributed by atoms with Gasteiger partial charge in [0.05, 0.1) is 22.7 Å². The number of anilines is 2. The van der Waals surface area contributed by atoms with E-state index in [-0.39, 0.29) is 21.3 Å². The molecule has 12 heteroatoms. The summed E-state index contributed by atoms with van der Waals surface area (Å²) < 4.78 is 73.3. The highest BCUT2D eigenvalue weighted by Crippen LogP contribution is 2.32. The smallest absolute Gasteiger partial charge is 0.495 e. The van der Waals surface area contributed by atoms with Crippen molar-refractivity contribution in [1.82, 2.24) is 0 Å². The quantitative estimate of drug-likeness (QED) is 0.453. The number of hydrogen-bond acceptors (Lipinski definition) is 5. The molecule has 0 fully saturated rings. The van der Waals surface area contributed by atoms with Gasteiger partial charge in [-0.05, 0) is 54.6 Å². The van der Waals surface area contributed by atoms with Crippen LogP contribution in [0.1, 0.15) is 0 Å². The SMILES string of the molecule is COc1ccc(N(CC(=O)Nc2ccc(OC(F)(F)F)cc2)S(=O)(=O)c2ccccc2)cc1Cl. The molecule has 0 saturated heterocycles. The van der Waals surface area contributed by atoms with E-state index in [9.17, 15) is 26.4 Å². The number of nitrogens with zero attached hydrogens (tertiary/aromatic N) is 1. The molecule has 0 aliphatic heterocycles. The van der Waals surface area contributed by atoms with E-state index in [0.29, 0.717) is 5.75 Å². The van der Waals surface area contributed by atoms with Gasteiger partial charge in [-0.15, -0.1) is 13.2 Å². The third-order valence-electron chi connectivity index (χ3n) is 4.41. The highest BCUT2D eigenvalue weighted by Gasteiger charge is 2.31. The summed E-state index contributed by atoms with van der Waals surface area (Å²) in [6.45, 7) is -0.638. The van der Waals surface area contributed by atoms with Gasteiger partial charge in [0.15, 0.2) is 0 Å². The fourth-order valence-electron chi connectivity index (χ4n) is 2.92. The molecule has 0 spiro atoms. The van der Waals surface area contributed by atoms with Gasteiger partial charge in [0.2, 0.25) is 5.91 Å². The number of alkyl halides is 3. The predicted molar refractivity (Wildman–Crippen MR) is 121 cm³/mol. The van der Waals surface area contributed by atoms with Crippen LogP contribution in [0.2, 0.25) is 5.02 Å². The summed E-state index contributed by atoms with van der Waals surface area (Å²) in [5.41, 5.74) is 0.253. The lowest BCUT2D eigenvalue weighted by Crippen LogP contribution is -2.38. The van der Waals surface area contributed by atoms with Crippen LogP contribution in [0.4, 0.5) is 24.5 Å². The van der Waals surface area contributed by atoms with Crippen LogP contribution in [-0.4, -0.2) is 34.3 Å². The number of carbonyl (C=O) groups is 1. The summed E-state index contributed by atoms with van der Waals surface area (Å²) in [6.07, 6.45) is -4.85. The molecule has 0 radical (unpaired) electrons. The van der Waals surface area contributed by atoms with Crippen LogP contribution in [0.3, 0.4) is 0 Å². The van der Waals surface area contributed by atoms with Crippen LogP contribution in [0.15, 0.2) is 77.7 Å². The van der Waals surface area contributed by atoms with Crippen LogP contribution >= 0.6 is 11.6 Å². The molecule has 0 saturated carbocycles. The maximum Gasteiger partial charge on any atom is 0.573 e. The van der Waals surface area contributed by atoms with Crippen molar-refractivity contribution in [3.8, 4) is 11.5 Å². The van der Waals surface area contributed by atoms with E-state index in [1.165, 1.54) is 61.7 Å². The average Bonchev–Trinajstić information content (AvgIpc) is 2.78. The zero-order valence-corrected chi connectivity index (χ0v) is 19.1. The van der Waals surface area contributed by atoms with Gasteiger partial charge in [-0.25, -0.2) is 8.42 Å². The second-order valence-corrected chi connectivity index (χ2v) is 9.03. The van der Waals surface area contributed by atoms with Crippen molar-refractivity contribution in [2.75, 3.05) is 23.3 Å². The molecule has 3 aromatic rings. The number of nitrogens with one attached hydrogen (secondary N) is 1. The van der Waals surface area contributed by atoms with Crippen molar-refractivity contribution in [2.24, 2.45) is 0 Å². The highest BCUT2D eigenvalue weighted by atomic mass is 35.5. The van der Waals surface area contributed by atoms with Crippen molar-refractivity contribution in [3.05, 3.63) is 77.8 Å². The molecule has 3 rings (SSSR count). The number of amides is 1. The van der Waals surface area contributed by atoms with Crippen molar-refractivity contribution < 1.29 is 35.9 Å². The van der Waals surface area contributed by atoms with E-state index in [4.69, 9.17) is 16.3 Å². The van der Waals surface area contributed by atoms with Gasteiger partial charge in [0, 0.05) is 5.69 Å². The first-order chi connectivity index (χ1) is 16.0. The number of carbonyl (C=O) groups excluding carboxylic acids is 1. The van der Waals surface area contributed by atoms with Crippen LogP contribution in [-0.2, 0) is 14.8 Å². The minimum atomic E-state index is -4.85. The Morgan fingerprint density at radius 1 is 1.03 bits per heavy atom. The van der Waals surface area contributed by atoms with Gasteiger partial charge >= 0.3 is 6.36 Å². The molecular weight excluding hydrogens is 497 g/mol. The molecule has 0 bridgehead atoms. The Balaban J connectivity index is 1.87. The molecule has 1 amide bonds. The van der Waals surface area contributed by atoms with Gasteiger partial charge in [0.1, 0.15) is 18.0 Å². The minimum absolute atomic E-state index is 0.0524. The maximum atomic E-state index is 13.3. The predicted octanol–water partition coefficient (Wildman–Crippen LogP) is 5.08. The van der Waals surface area contributed by atoms with Crippen molar-refractivity contribution in [2.45, 2.75) is 11.3 Å². The molecule has 0 aliphatic carbocycles. The molecular formula is C22H18ClF3N2O5S. The van der Waals surface area contributed by atoms with Gasteiger partial charge in [0.25, 0.3) is 10.0 Å². The van der Waals surface area contributed by atoms with E-state index in [0.717, 1.165) is 16.4 Å².